The number of aryl methyl sites for hydroxylation is 1. The minimum Gasteiger partial charge on any atom is -0.490 e. The molecule has 1 aromatic carbocycles. The van der Waals surface area contributed by atoms with Crippen LogP contribution in [-0.2, 0) is 0 Å². The number of pyridine rings is 1. The lowest BCUT2D eigenvalue weighted by molar-refractivity contribution is 0.114. The number of benzene rings is 1. The van der Waals surface area contributed by atoms with Gasteiger partial charge in [-0.25, -0.2) is 9.50 Å². The molecule has 0 aliphatic carbocycles. The Morgan fingerprint density at radius 1 is 1.17 bits per heavy atom. The number of H-pyrrole nitrogens is 1. The van der Waals surface area contributed by atoms with Crippen molar-refractivity contribution in [2.45, 2.75) is 45.6 Å². The van der Waals surface area contributed by atoms with Crippen molar-refractivity contribution in [1.29, 1.82) is 0 Å². The Morgan fingerprint density at radius 2 is 1.97 bits per heavy atom. The molecule has 0 spiro atoms. The molecular weight excluding hydrogens is 374 g/mol. The fourth-order valence-corrected chi connectivity index (χ4v) is 4.62. The first-order valence-corrected chi connectivity index (χ1v) is 10.8. The van der Waals surface area contributed by atoms with E-state index >= 15 is 0 Å². The molecule has 1 saturated heterocycles. The van der Waals surface area contributed by atoms with Crippen molar-refractivity contribution >= 4 is 16.6 Å². The van der Waals surface area contributed by atoms with E-state index in [0.29, 0.717) is 12.0 Å². The largest absolute Gasteiger partial charge is 0.490 e. The van der Waals surface area contributed by atoms with E-state index in [1.54, 1.807) is 6.33 Å². The zero-order chi connectivity index (χ0) is 20.8. The molecule has 4 aromatic rings. The van der Waals surface area contributed by atoms with Crippen LogP contribution in [0.15, 0.2) is 36.8 Å². The fraction of sp³-hybridized carbons (Fsp3) is 0.417. The lowest BCUT2D eigenvalue weighted by Gasteiger charge is -2.29. The number of nitrogens with zero attached hydrogens (tertiary/aromatic N) is 4. The zero-order valence-corrected chi connectivity index (χ0v) is 18.1. The van der Waals surface area contributed by atoms with Crippen LogP contribution in [0, 0.1) is 6.92 Å². The molecule has 0 atom stereocenters. The fourth-order valence-electron chi connectivity index (χ4n) is 4.62. The van der Waals surface area contributed by atoms with Gasteiger partial charge in [-0.3, -0.25) is 0 Å². The van der Waals surface area contributed by atoms with Gasteiger partial charge in [-0.05, 0) is 68.1 Å². The van der Waals surface area contributed by atoms with Crippen LogP contribution in [0.1, 0.15) is 43.7 Å². The summed E-state index contributed by atoms with van der Waals surface area (Å²) in [6, 6.07) is 8.65. The zero-order valence-electron chi connectivity index (χ0n) is 18.1. The van der Waals surface area contributed by atoms with Gasteiger partial charge in [-0.15, -0.1) is 0 Å². The highest BCUT2D eigenvalue weighted by Crippen LogP contribution is 2.37. The minimum atomic E-state index is 0.303. The standard InChI is InChI=1S/C24H29N5O/c1-15(2)22-20-12-19(30-18-7-9-28(4)10-8-18)5-6-21(20)27-23(22)17-11-16(3)24-25-14-26-29(24)13-17/h5-6,11-15,18,27H,7-10H2,1-4H3. The summed E-state index contributed by atoms with van der Waals surface area (Å²) in [7, 11) is 2.18. The van der Waals surface area contributed by atoms with Crippen LogP contribution < -0.4 is 4.74 Å². The van der Waals surface area contributed by atoms with Gasteiger partial charge in [0.25, 0.3) is 0 Å². The topological polar surface area (TPSA) is 58.5 Å². The van der Waals surface area contributed by atoms with E-state index in [4.69, 9.17) is 4.74 Å². The third kappa shape index (κ3) is 3.35. The highest BCUT2D eigenvalue weighted by atomic mass is 16.5. The summed E-state index contributed by atoms with van der Waals surface area (Å²) >= 11 is 0. The Balaban J connectivity index is 1.56. The number of ether oxygens (including phenoxy) is 1. The molecule has 5 rings (SSSR count). The molecule has 0 radical (unpaired) electrons. The molecule has 1 N–H and O–H groups in total. The third-order valence-electron chi connectivity index (χ3n) is 6.20. The maximum absolute atomic E-state index is 6.36. The minimum absolute atomic E-state index is 0.303. The van der Waals surface area contributed by atoms with Crippen LogP contribution in [0.25, 0.3) is 27.8 Å². The molecule has 156 valence electrons. The molecular formula is C24H29N5O. The number of nitrogens with one attached hydrogen (secondary N) is 1. The van der Waals surface area contributed by atoms with Gasteiger partial charge in [0, 0.05) is 35.8 Å². The van der Waals surface area contributed by atoms with E-state index in [1.165, 1.54) is 10.9 Å². The Morgan fingerprint density at radius 3 is 2.73 bits per heavy atom. The molecule has 30 heavy (non-hydrogen) atoms. The lowest BCUT2D eigenvalue weighted by atomic mass is 9.96. The predicted molar refractivity (Wildman–Crippen MR) is 120 cm³/mol. The van der Waals surface area contributed by atoms with Crippen LogP contribution in [0.5, 0.6) is 5.75 Å². The van der Waals surface area contributed by atoms with E-state index in [0.717, 1.165) is 59.7 Å². The second kappa shape index (κ2) is 7.43. The summed E-state index contributed by atoms with van der Waals surface area (Å²) in [4.78, 5) is 10.4. The highest BCUT2D eigenvalue weighted by molar-refractivity contribution is 5.92. The Bertz CT molecular complexity index is 1200. The molecule has 3 aromatic heterocycles. The molecule has 1 fully saturated rings. The lowest BCUT2D eigenvalue weighted by Crippen LogP contribution is -2.35. The maximum atomic E-state index is 6.36. The monoisotopic (exact) mass is 403 g/mol. The van der Waals surface area contributed by atoms with Crippen molar-refractivity contribution in [2.75, 3.05) is 20.1 Å². The SMILES string of the molecule is Cc1cc(-c2[nH]c3ccc(OC4CCN(C)CC4)cc3c2C(C)C)cn2ncnc12. The maximum Gasteiger partial charge on any atom is 0.158 e. The van der Waals surface area contributed by atoms with Crippen molar-refractivity contribution in [2.24, 2.45) is 0 Å². The third-order valence-corrected chi connectivity index (χ3v) is 6.20. The number of piperidine rings is 1. The highest BCUT2D eigenvalue weighted by Gasteiger charge is 2.21. The summed E-state index contributed by atoms with van der Waals surface area (Å²) in [6.45, 7) is 8.78. The van der Waals surface area contributed by atoms with E-state index in [1.807, 2.05) is 4.52 Å². The van der Waals surface area contributed by atoms with Crippen LogP contribution in [-0.4, -0.2) is 50.7 Å². The second-order valence-corrected chi connectivity index (χ2v) is 8.84. The Labute approximate surface area is 176 Å². The number of aromatic amines is 1. The van der Waals surface area contributed by atoms with Crippen molar-refractivity contribution in [3.8, 4) is 17.0 Å². The first-order chi connectivity index (χ1) is 14.5. The number of hydrogen-bond donors (Lipinski definition) is 1. The van der Waals surface area contributed by atoms with Gasteiger partial charge in [0.1, 0.15) is 18.2 Å². The normalized spacial score (nSPS) is 16.2. The molecule has 0 bridgehead atoms. The van der Waals surface area contributed by atoms with Crippen LogP contribution in [0.2, 0.25) is 0 Å². The molecule has 0 unspecified atom stereocenters. The summed E-state index contributed by atoms with van der Waals surface area (Å²) in [5, 5.41) is 5.58. The number of hydrogen-bond acceptors (Lipinski definition) is 4. The quantitative estimate of drug-likeness (QED) is 0.533. The molecule has 1 aliphatic rings. The van der Waals surface area contributed by atoms with E-state index in [2.05, 4.69) is 78.2 Å². The number of likely N-dealkylation sites (tertiary alicyclic amines) is 1. The average molecular weight is 404 g/mol. The van der Waals surface area contributed by atoms with E-state index in [9.17, 15) is 0 Å². The van der Waals surface area contributed by atoms with Crippen molar-refractivity contribution in [3.63, 3.8) is 0 Å². The van der Waals surface area contributed by atoms with E-state index in [-0.39, 0.29) is 0 Å². The van der Waals surface area contributed by atoms with Crippen molar-refractivity contribution < 1.29 is 4.74 Å². The summed E-state index contributed by atoms with van der Waals surface area (Å²) < 4.78 is 8.22. The average Bonchev–Trinajstić information content (AvgIpc) is 3.34. The van der Waals surface area contributed by atoms with Crippen molar-refractivity contribution in [3.05, 3.63) is 47.9 Å². The van der Waals surface area contributed by atoms with Gasteiger partial charge >= 0.3 is 0 Å². The molecule has 6 heteroatoms. The second-order valence-electron chi connectivity index (χ2n) is 8.84. The van der Waals surface area contributed by atoms with Gasteiger partial charge in [-0.1, -0.05) is 13.8 Å². The summed E-state index contributed by atoms with van der Waals surface area (Å²) in [5.74, 6) is 1.34. The molecule has 6 nitrogen and oxygen atoms in total. The Hall–Kier alpha value is -2.86. The smallest absolute Gasteiger partial charge is 0.158 e. The van der Waals surface area contributed by atoms with Gasteiger partial charge in [-0.2, -0.15) is 5.10 Å². The number of rotatable bonds is 4. The van der Waals surface area contributed by atoms with Gasteiger partial charge in [0.15, 0.2) is 5.65 Å². The summed E-state index contributed by atoms with van der Waals surface area (Å²) in [6.07, 6.45) is 6.13. The van der Waals surface area contributed by atoms with Crippen LogP contribution in [0.4, 0.5) is 0 Å². The molecule has 4 heterocycles. The first kappa shape index (κ1) is 19.1. The van der Waals surface area contributed by atoms with Gasteiger partial charge in [0.05, 0.1) is 5.69 Å². The van der Waals surface area contributed by atoms with Crippen molar-refractivity contribution in [1.82, 2.24) is 24.5 Å². The Kier molecular flexibility index (Phi) is 4.74. The van der Waals surface area contributed by atoms with E-state index < -0.39 is 0 Å². The van der Waals surface area contributed by atoms with Gasteiger partial charge in [0.2, 0.25) is 0 Å². The number of aromatic nitrogens is 4. The molecule has 1 aliphatic heterocycles. The summed E-state index contributed by atoms with van der Waals surface area (Å²) in [5.41, 5.74) is 6.75. The number of fused-ring (bicyclic) bond motifs is 2. The van der Waals surface area contributed by atoms with Gasteiger partial charge < -0.3 is 14.6 Å². The first-order valence-electron chi connectivity index (χ1n) is 10.8. The molecule has 0 amide bonds. The van der Waals surface area contributed by atoms with Crippen LogP contribution >= 0.6 is 0 Å². The van der Waals surface area contributed by atoms with Crippen LogP contribution in [0.3, 0.4) is 0 Å². The molecule has 0 saturated carbocycles. The predicted octanol–water partition coefficient (Wildman–Crippen LogP) is 4.78.